The fraction of sp³-hybridized carbons (Fsp3) is 0.389. The van der Waals surface area contributed by atoms with Gasteiger partial charge in [-0.15, -0.1) is 0 Å². The van der Waals surface area contributed by atoms with Gasteiger partial charge in [0.05, 0.1) is 7.11 Å². The van der Waals surface area contributed by atoms with Crippen molar-refractivity contribution >= 4 is 5.91 Å². The molecule has 0 bridgehead atoms. The quantitative estimate of drug-likeness (QED) is 0.871. The molecule has 23 heavy (non-hydrogen) atoms. The molecule has 0 saturated carbocycles. The Kier molecular flexibility index (Phi) is 4.86. The Labute approximate surface area is 136 Å². The van der Waals surface area contributed by atoms with Crippen molar-refractivity contribution in [2.75, 3.05) is 20.2 Å². The number of carbonyl (C=O) groups excluding carboxylic acids is 1. The molecule has 5 heteroatoms. The molecule has 5 nitrogen and oxygen atoms in total. The largest absolute Gasteiger partial charge is 0.480 e. The minimum absolute atomic E-state index is 0.0114. The SMILES string of the molecule is COc1ncccc1C(=O)N1CCC(Cc2ccncc2)CC1. The molecule has 1 fully saturated rings. The van der Waals surface area contributed by atoms with E-state index >= 15 is 0 Å². The van der Waals surface area contributed by atoms with Crippen LogP contribution in [0.4, 0.5) is 0 Å². The van der Waals surface area contributed by atoms with Crippen molar-refractivity contribution < 1.29 is 9.53 Å². The van der Waals surface area contributed by atoms with E-state index in [1.165, 1.54) is 5.56 Å². The highest BCUT2D eigenvalue weighted by atomic mass is 16.5. The van der Waals surface area contributed by atoms with E-state index in [9.17, 15) is 4.79 Å². The van der Waals surface area contributed by atoms with Crippen LogP contribution in [0.5, 0.6) is 5.88 Å². The van der Waals surface area contributed by atoms with Crippen LogP contribution in [-0.4, -0.2) is 41.0 Å². The maximum atomic E-state index is 12.6. The Hall–Kier alpha value is -2.43. The first-order chi connectivity index (χ1) is 11.3. The molecular formula is C18H21N3O2. The summed E-state index contributed by atoms with van der Waals surface area (Å²) in [6, 6.07) is 7.68. The summed E-state index contributed by atoms with van der Waals surface area (Å²) >= 11 is 0. The molecule has 120 valence electrons. The van der Waals surface area contributed by atoms with Crippen molar-refractivity contribution in [3.05, 3.63) is 54.0 Å². The number of hydrogen-bond donors (Lipinski definition) is 0. The van der Waals surface area contributed by atoms with Gasteiger partial charge in [0.25, 0.3) is 5.91 Å². The Morgan fingerprint density at radius 2 is 1.96 bits per heavy atom. The summed E-state index contributed by atoms with van der Waals surface area (Å²) in [6.07, 6.45) is 8.41. The second kappa shape index (κ2) is 7.22. The lowest BCUT2D eigenvalue weighted by atomic mass is 9.90. The monoisotopic (exact) mass is 311 g/mol. The van der Waals surface area contributed by atoms with Crippen LogP contribution in [-0.2, 0) is 6.42 Å². The Balaban J connectivity index is 1.59. The molecule has 2 aromatic heterocycles. The predicted octanol–water partition coefficient (Wildman–Crippen LogP) is 2.58. The summed E-state index contributed by atoms with van der Waals surface area (Å²) in [6.45, 7) is 1.57. The van der Waals surface area contributed by atoms with Crippen molar-refractivity contribution in [1.82, 2.24) is 14.9 Å². The van der Waals surface area contributed by atoms with Crippen molar-refractivity contribution in [1.29, 1.82) is 0 Å². The number of methoxy groups -OCH3 is 1. The number of aromatic nitrogens is 2. The van der Waals surface area contributed by atoms with Gasteiger partial charge in [-0.3, -0.25) is 9.78 Å². The van der Waals surface area contributed by atoms with E-state index in [1.54, 1.807) is 25.4 Å². The standard InChI is InChI=1S/C18H21N3O2/c1-23-17-16(3-2-8-20-17)18(22)21-11-6-15(7-12-21)13-14-4-9-19-10-5-14/h2-5,8-10,15H,6-7,11-13H2,1H3. The lowest BCUT2D eigenvalue weighted by Gasteiger charge is -2.32. The summed E-state index contributed by atoms with van der Waals surface area (Å²) in [4.78, 5) is 22.7. The van der Waals surface area contributed by atoms with E-state index in [0.717, 1.165) is 32.4 Å². The van der Waals surface area contributed by atoms with E-state index in [-0.39, 0.29) is 5.91 Å². The molecule has 0 spiro atoms. The third kappa shape index (κ3) is 3.67. The van der Waals surface area contributed by atoms with Crippen LogP contribution in [0.2, 0.25) is 0 Å². The zero-order valence-corrected chi connectivity index (χ0v) is 13.3. The van der Waals surface area contributed by atoms with Crippen molar-refractivity contribution in [2.45, 2.75) is 19.3 Å². The molecule has 0 N–H and O–H groups in total. The zero-order valence-electron chi connectivity index (χ0n) is 13.3. The maximum Gasteiger partial charge on any atom is 0.259 e. The number of nitrogens with zero attached hydrogens (tertiary/aromatic N) is 3. The highest BCUT2D eigenvalue weighted by molar-refractivity contribution is 5.96. The number of pyridine rings is 2. The summed E-state index contributed by atoms with van der Waals surface area (Å²) in [5, 5.41) is 0. The van der Waals surface area contributed by atoms with Gasteiger partial charge in [0, 0.05) is 31.7 Å². The molecule has 1 saturated heterocycles. The Morgan fingerprint density at radius 3 is 2.65 bits per heavy atom. The van der Waals surface area contributed by atoms with Crippen LogP contribution in [0.15, 0.2) is 42.9 Å². The Morgan fingerprint density at radius 1 is 1.22 bits per heavy atom. The Bertz CT molecular complexity index is 652. The van der Waals surface area contributed by atoms with Gasteiger partial charge < -0.3 is 9.64 Å². The van der Waals surface area contributed by atoms with Crippen LogP contribution in [0.25, 0.3) is 0 Å². The number of amides is 1. The molecule has 0 unspecified atom stereocenters. The maximum absolute atomic E-state index is 12.6. The van der Waals surface area contributed by atoms with Gasteiger partial charge in [-0.25, -0.2) is 4.98 Å². The van der Waals surface area contributed by atoms with Crippen LogP contribution in [0, 0.1) is 5.92 Å². The smallest absolute Gasteiger partial charge is 0.259 e. The third-order valence-corrected chi connectivity index (χ3v) is 4.37. The minimum atomic E-state index is 0.0114. The second-order valence-corrected chi connectivity index (χ2v) is 5.86. The van der Waals surface area contributed by atoms with Crippen LogP contribution in [0.3, 0.4) is 0 Å². The van der Waals surface area contributed by atoms with E-state index in [1.807, 2.05) is 17.3 Å². The van der Waals surface area contributed by atoms with E-state index in [2.05, 4.69) is 22.1 Å². The first-order valence-electron chi connectivity index (χ1n) is 7.95. The number of rotatable bonds is 4. The first-order valence-corrected chi connectivity index (χ1v) is 7.95. The second-order valence-electron chi connectivity index (χ2n) is 5.86. The van der Waals surface area contributed by atoms with Gasteiger partial charge >= 0.3 is 0 Å². The van der Waals surface area contributed by atoms with Gasteiger partial charge in [0.2, 0.25) is 5.88 Å². The number of carbonyl (C=O) groups is 1. The molecule has 0 aliphatic carbocycles. The third-order valence-electron chi connectivity index (χ3n) is 4.37. The molecule has 3 rings (SSSR count). The normalized spacial score (nSPS) is 15.4. The van der Waals surface area contributed by atoms with Gasteiger partial charge in [0.1, 0.15) is 5.56 Å². The molecule has 0 radical (unpaired) electrons. The molecular weight excluding hydrogens is 290 g/mol. The lowest BCUT2D eigenvalue weighted by Crippen LogP contribution is -2.39. The number of likely N-dealkylation sites (tertiary alicyclic amines) is 1. The van der Waals surface area contributed by atoms with Gasteiger partial charge in [-0.05, 0) is 55.0 Å². The topological polar surface area (TPSA) is 55.3 Å². The fourth-order valence-corrected chi connectivity index (χ4v) is 3.08. The molecule has 1 aliphatic heterocycles. The van der Waals surface area contributed by atoms with Crippen molar-refractivity contribution in [2.24, 2.45) is 5.92 Å². The molecule has 0 aromatic carbocycles. The van der Waals surface area contributed by atoms with E-state index < -0.39 is 0 Å². The summed E-state index contributed by atoms with van der Waals surface area (Å²) < 4.78 is 5.19. The lowest BCUT2D eigenvalue weighted by molar-refractivity contribution is 0.0686. The highest BCUT2D eigenvalue weighted by Crippen LogP contribution is 2.24. The van der Waals surface area contributed by atoms with Crippen molar-refractivity contribution in [3.63, 3.8) is 0 Å². The van der Waals surface area contributed by atoms with E-state index in [0.29, 0.717) is 17.4 Å². The summed E-state index contributed by atoms with van der Waals surface area (Å²) in [5.74, 6) is 1.03. The number of hydrogen-bond acceptors (Lipinski definition) is 4. The number of piperidine rings is 1. The summed E-state index contributed by atoms with van der Waals surface area (Å²) in [7, 11) is 1.54. The van der Waals surface area contributed by atoms with Crippen LogP contribution >= 0.6 is 0 Å². The number of ether oxygens (including phenoxy) is 1. The van der Waals surface area contributed by atoms with Crippen molar-refractivity contribution in [3.8, 4) is 5.88 Å². The molecule has 2 aromatic rings. The van der Waals surface area contributed by atoms with Crippen LogP contribution < -0.4 is 4.74 Å². The summed E-state index contributed by atoms with van der Waals surface area (Å²) in [5.41, 5.74) is 1.86. The average molecular weight is 311 g/mol. The highest BCUT2D eigenvalue weighted by Gasteiger charge is 2.25. The molecule has 1 aliphatic rings. The minimum Gasteiger partial charge on any atom is -0.480 e. The fourth-order valence-electron chi connectivity index (χ4n) is 3.08. The van der Waals surface area contributed by atoms with Gasteiger partial charge in [0.15, 0.2) is 0 Å². The molecule has 1 amide bonds. The molecule has 0 atom stereocenters. The average Bonchev–Trinajstić information content (AvgIpc) is 2.62. The van der Waals surface area contributed by atoms with Gasteiger partial charge in [-0.2, -0.15) is 0 Å². The van der Waals surface area contributed by atoms with Gasteiger partial charge in [-0.1, -0.05) is 0 Å². The van der Waals surface area contributed by atoms with Crippen LogP contribution in [0.1, 0.15) is 28.8 Å². The first kappa shape index (κ1) is 15.5. The molecule has 3 heterocycles. The zero-order chi connectivity index (χ0) is 16.1. The predicted molar refractivity (Wildman–Crippen MR) is 87.4 cm³/mol. The van der Waals surface area contributed by atoms with E-state index in [4.69, 9.17) is 4.74 Å².